The summed E-state index contributed by atoms with van der Waals surface area (Å²) in [5.74, 6) is -0.801. The first kappa shape index (κ1) is 16.6. The summed E-state index contributed by atoms with van der Waals surface area (Å²) in [7, 11) is 1.75. The van der Waals surface area contributed by atoms with Gasteiger partial charge in [0.25, 0.3) is 5.91 Å². The van der Waals surface area contributed by atoms with Crippen LogP contribution in [0.25, 0.3) is 0 Å². The second kappa shape index (κ2) is 7.12. The molecule has 6 nitrogen and oxygen atoms in total. The molecular weight excluding hydrogens is 323 g/mol. The smallest absolute Gasteiger partial charge is 0.259 e. The molecule has 7 heteroatoms. The van der Waals surface area contributed by atoms with Gasteiger partial charge < -0.3 is 10.1 Å². The largest absolute Gasteiger partial charge is 0.484 e. The highest BCUT2D eigenvalue weighted by molar-refractivity contribution is 6.04. The van der Waals surface area contributed by atoms with Crippen molar-refractivity contribution in [3.05, 3.63) is 71.6 Å². The van der Waals surface area contributed by atoms with Crippen LogP contribution in [0.3, 0.4) is 0 Å². The van der Waals surface area contributed by atoms with Crippen molar-refractivity contribution in [1.29, 1.82) is 0 Å². The van der Waals surface area contributed by atoms with E-state index in [1.807, 2.05) is 6.07 Å². The van der Waals surface area contributed by atoms with E-state index < -0.39 is 5.82 Å². The van der Waals surface area contributed by atoms with Crippen molar-refractivity contribution in [3.63, 3.8) is 0 Å². The average molecular weight is 340 g/mol. The average Bonchev–Trinajstić information content (AvgIpc) is 2.94. The summed E-state index contributed by atoms with van der Waals surface area (Å²) in [4.78, 5) is 16.3. The summed E-state index contributed by atoms with van der Waals surface area (Å²) >= 11 is 0. The van der Waals surface area contributed by atoms with Crippen LogP contribution in [0.15, 0.2) is 48.8 Å². The second-order valence-corrected chi connectivity index (χ2v) is 5.48. The maximum Gasteiger partial charge on any atom is 0.259 e. The molecule has 0 radical (unpaired) electrons. The summed E-state index contributed by atoms with van der Waals surface area (Å²) in [6.07, 6.45) is 3.12. The fourth-order valence-electron chi connectivity index (χ4n) is 2.25. The maximum absolute atomic E-state index is 14.2. The number of anilines is 1. The highest BCUT2D eigenvalue weighted by Gasteiger charge is 2.14. The summed E-state index contributed by atoms with van der Waals surface area (Å²) in [5.41, 5.74) is 2.22. The molecular formula is C18H17FN4O2. The third kappa shape index (κ3) is 3.82. The number of hydrogen-bond acceptors (Lipinski definition) is 4. The Kier molecular flexibility index (Phi) is 4.74. The van der Waals surface area contributed by atoms with Gasteiger partial charge in [0.1, 0.15) is 6.61 Å². The lowest BCUT2D eigenvalue weighted by Crippen LogP contribution is -2.13. The predicted molar refractivity (Wildman–Crippen MR) is 90.9 cm³/mol. The van der Waals surface area contributed by atoms with Crippen molar-refractivity contribution in [2.45, 2.75) is 13.5 Å². The first-order valence-corrected chi connectivity index (χ1v) is 7.67. The number of carbonyl (C=O) groups is 1. The quantitative estimate of drug-likeness (QED) is 0.775. The highest BCUT2D eigenvalue weighted by Crippen LogP contribution is 2.22. The Labute approximate surface area is 144 Å². The molecule has 0 spiro atoms. The number of nitrogens with zero attached hydrogens (tertiary/aromatic N) is 3. The number of amides is 1. The summed E-state index contributed by atoms with van der Waals surface area (Å²) in [6, 6.07) is 9.71. The summed E-state index contributed by atoms with van der Waals surface area (Å²) in [6.45, 7) is 1.95. The van der Waals surface area contributed by atoms with Crippen LogP contribution in [0.4, 0.5) is 10.1 Å². The normalized spacial score (nSPS) is 10.5. The van der Waals surface area contributed by atoms with Gasteiger partial charge in [0.15, 0.2) is 11.6 Å². The Morgan fingerprint density at radius 1 is 1.32 bits per heavy atom. The van der Waals surface area contributed by atoms with Crippen molar-refractivity contribution in [2.24, 2.45) is 7.05 Å². The first-order chi connectivity index (χ1) is 12.0. The van der Waals surface area contributed by atoms with E-state index in [9.17, 15) is 9.18 Å². The van der Waals surface area contributed by atoms with Gasteiger partial charge in [-0.25, -0.2) is 4.39 Å². The number of carbonyl (C=O) groups excluding carboxylic acids is 1. The molecule has 1 N–H and O–H groups in total. The van der Waals surface area contributed by atoms with Gasteiger partial charge >= 0.3 is 0 Å². The van der Waals surface area contributed by atoms with Crippen LogP contribution < -0.4 is 10.1 Å². The fraction of sp³-hybridized carbons (Fsp3) is 0.167. The highest BCUT2D eigenvalue weighted by atomic mass is 19.1. The van der Waals surface area contributed by atoms with Gasteiger partial charge in [-0.05, 0) is 31.2 Å². The molecule has 128 valence electrons. The first-order valence-electron chi connectivity index (χ1n) is 7.67. The molecule has 2 aromatic heterocycles. The molecule has 0 fully saturated rings. The lowest BCUT2D eigenvalue weighted by molar-refractivity contribution is 0.102. The standard InChI is InChI=1S/C18H17FN4O2/c1-12-15(10-21-23(12)2)18(24)22-13-6-7-17(16(19)9-13)25-11-14-5-3-4-8-20-14/h3-10H,11H2,1-2H3,(H,22,24). The van der Waals surface area contributed by atoms with Gasteiger partial charge in [-0.15, -0.1) is 0 Å². The zero-order chi connectivity index (χ0) is 17.8. The monoisotopic (exact) mass is 340 g/mol. The molecule has 0 saturated carbocycles. The van der Waals surface area contributed by atoms with E-state index in [-0.39, 0.29) is 18.3 Å². The number of benzene rings is 1. The number of halogens is 1. The van der Waals surface area contributed by atoms with E-state index >= 15 is 0 Å². The lowest BCUT2D eigenvalue weighted by atomic mass is 10.2. The Hall–Kier alpha value is -3.22. The minimum atomic E-state index is -0.559. The van der Waals surface area contributed by atoms with Gasteiger partial charge in [-0.1, -0.05) is 6.07 Å². The van der Waals surface area contributed by atoms with Crippen LogP contribution in [-0.4, -0.2) is 20.7 Å². The predicted octanol–water partition coefficient (Wildman–Crippen LogP) is 3.09. The number of rotatable bonds is 5. The lowest BCUT2D eigenvalue weighted by Gasteiger charge is -2.09. The summed E-state index contributed by atoms with van der Waals surface area (Å²) in [5, 5.41) is 6.67. The van der Waals surface area contributed by atoms with Crippen molar-refractivity contribution in [3.8, 4) is 5.75 Å². The number of aromatic nitrogens is 3. The molecule has 1 amide bonds. The van der Waals surface area contributed by atoms with E-state index in [1.54, 1.807) is 43.0 Å². The van der Waals surface area contributed by atoms with E-state index in [1.165, 1.54) is 18.3 Å². The number of hydrogen-bond donors (Lipinski definition) is 1. The topological polar surface area (TPSA) is 69.0 Å². The van der Waals surface area contributed by atoms with Gasteiger partial charge in [-0.3, -0.25) is 14.5 Å². The Morgan fingerprint density at radius 3 is 2.80 bits per heavy atom. The molecule has 0 atom stereocenters. The molecule has 0 bridgehead atoms. The third-order valence-corrected chi connectivity index (χ3v) is 3.77. The van der Waals surface area contributed by atoms with Gasteiger partial charge in [0.05, 0.1) is 17.5 Å². The number of aryl methyl sites for hydroxylation is 1. The number of nitrogens with one attached hydrogen (secondary N) is 1. The van der Waals surface area contributed by atoms with Gasteiger partial charge in [-0.2, -0.15) is 5.10 Å². The van der Waals surface area contributed by atoms with E-state index in [0.29, 0.717) is 16.9 Å². The van der Waals surface area contributed by atoms with Crippen LogP contribution in [0.5, 0.6) is 5.75 Å². The van der Waals surface area contributed by atoms with Crippen LogP contribution in [-0.2, 0) is 13.7 Å². The molecule has 25 heavy (non-hydrogen) atoms. The Balaban J connectivity index is 1.67. The van der Waals surface area contributed by atoms with Gasteiger partial charge in [0.2, 0.25) is 0 Å². The SMILES string of the molecule is Cc1c(C(=O)Nc2ccc(OCc3ccccn3)c(F)c2)cnn1C. The fourth-order valence-corrected chi connectivity index (χ4v) is 2.25. The minimum absolute atomic E-state index is 0.0983. The van der Waals surface area contributed by atoms with Crippen molar-refractivity contribution in [2.75, 3.05) is 5.32 Å². The van der Waals surface area contributed by atoms with E-state index in [4.69, 9.17) is 4.74 Å². The van der Waals surface area contributed by atoms with E-state index in [2.05, 4.69) is 15.4 Å². The van der Waals surface area contributed by atoms with Gasteiger partial charge in [0, 0.05) is 30.7 Å². The molecule has 2 heterocycles. The molecule has 0 saturated heterocycles. The zero-order valence-electron chi connectivity index (χ0n) is 13.9. The van der Waals surface area contributed by atoms with Crippen LogP contribution in [0.2, 0.25) is 0 Å². The molecule has 0 aliphatic heterocycles. The second-order valence-electron chi connectivity index (χ2n) is 5.48. The Morgan fingerprint density at radius 2 is 2.16 bits per heavy atom. The van der Waals surface area contributed by atoms with Crippen molar-refractivity contribution in [1.82, 2.24) is 14.8 Å². The molecule has 0 aliphatic rings. The third-order valence-electron chi connectivity index (χ3n) is 3.77. The molecule has 1 aromatic carbocycles. The number of pyridine rings is 1. The Bertz CT molecular complexity index is 893. The van der Waals surface area contributed by atoms with Crippen LogP contribution >= 0.6 is 0 Å². The maximum atomic E-state index is 14.2. The summed E-state index contributed by atoms with van der Waals surface area (Å²) < 4.78 is 21.2. The minimum Gasteiger partial charge on any atom is -0.484 e. The van der Waals surface area contributed by atoms with Crippen molar-refractivity contribution < 1.29 is 13.9 Å². The number of ether oxygens (including phenoxy) is 1. The van der Waals surface area contributed by atoms with Crippen molar-refractivity contribution >= 4 is 11.6 Å². The molecule has 3 aromatic rings. The van der Waals surface area contributed by atoms with Crippen LogP contribution in [0.1, 0.15) is 21.7 Å². The van der Waals surface area contributed by atoms with E-state index in [0.717, 1.165) is 5.69 Å². The van der Waals surface area contributed by atoms with Crippen LogP contribution in [0, 0.1) is 12.7 Å². The molecule has 3 rings (SSSR count). The molecule has 0 aliphatic carbocycles. The molecule has 0 unspecified atom stereocenters. The zero-order valence-corrected chi connectivity index (χ0v) is 13.9.